The van der Waals surface area contributed by atoms with E-state index in [1.54, 1.807) is 11.3 Å². The smallest absolute Gasteiger partial charge is 0.170 e. The van der Waals surface area contributed by atoms with E-state index in [2.05, 4.69) is 36.8 Å². The van der Waals surface area contributed by atoms with E-state index in [0.29, 0.717) is 5.92 Å². The summed E-state index contributed by atoms with van der Waals surface area (Å²) in [6, 6.07) is 2.14. The van der Waals surface area contributed by atoms with E-state index in [0.717, 1.165) is 5.65 Å². The van der Waals surface area contributed by atoms with Crippen LogP contribution in [0.3, 0.4) is 0 Å². The van der Waals surface area contributed by atoms with E-state index in [1.165, 1.54) is 15.3 Å². The zero-order chi connectivity index (χ0) is 9.42. The van der Waals surface area contributed by atoms with Crippen molar-refractivity contribution in [2.75, 3.05) is 0 Å². The van der Waals surface area contributed by atoms with Crippen molar-refractivity contribution in [3.8, 4) is 0 Å². The molecular formula is C10H12N2S. The van der Waals surface area contributed by atoms with Crippen LogP contribution in [0.1, 0.15) is 30.3 Å². The Morgan fingerprint density at radius 2 is 2.15 bits per heavy atom. The van der Waals surface area contributed by atoms with Crippen molar-refractivity contribution in [2.24, 2.45) is 0 Å². The molecule has 0 aliphatic carbocycles. The largest absolute Gasteiger partial charge is 0.236 e. The first-order valence-corrected chi connectivity index (χ1v) is 5.21. The number of rotatable bonds is 1. The average Bonchev–Trinajstić information content (AvgIpc) is 2.46. The molecule has 0 N–H and O–H groups in total. The molecule has 0 radical (unpaired) electrons. The third-order valence-corrected chi connectivity index (χ3v) is 3.19. The molecule has 2 aromatic heterocycles. The van der Waals surface area contributed by atoms with Gasteiger partial charge in [0.2, 0.25) is 0 Å². The molecule has 0 unspecified atom stereocenters. The molecule has 2 aromatic rings. The Morgan fingerprint density at radius 3 is 2.85 bits per heavy atom. The van der Waals surface area contributed by atoms with Crippen molar-refractivity contribution >= 4 is 21.7 Å². The number of thiazole rings is 1. The molecule has 2 heterocycles. The summed E-state index contributed by atoms with van der Waals surface area (Å²) in [4.78, 5) is 8.74. The summed E-state index contributed by atoms with van der Waals surface area (Å²) in [6.07, 6.45) is 1.87. The Balaban J connectivity index is 2.62. The topological polar surface area (TPSA) is 25.8 Å². The fourth-order valence-electron chi connectivity index (χ4n) is 1.18. The molecule has 68 valence electrons. The van der Waals surface area contributed by atoms with Crippen LogP contribution in [0, 0.1) is 6.92 Å². The van der Waals surface area contributed by atoms with Crippen molar-refractivity contribution in [1.29, 1.82) is 0 Å². The van der Waals surface area contributed by atoms with Gasteiger partial charge in [-0.1, -0.05) is 13.8 Å². The molecule has 2 rings (SSSR count). The van der Waals surface area contributed by atoms with Gasteiger partial charge in [0, 0.05) is 12.1 Å². The first-order chi connectivity index (χ1) is 6.16. The molecule has 0 amide bonds. The highest BCUT2D eigenvalue weighted by atomic mass is 32.1. The molecule has 0 saturated heterocycles. The lowest BCUT2D eigenvalue weighted by molar-refractivity contribution is 0.855. The number of aryl methyl sites for hydroxylation is 1. The molecule has 0 fully saturated rings. The molecule has 0 atom stereocenters. The van der Waals surface area contributed by atoms with E-state index in [4.69, 9.17) is 0 Å². The maximum atomic E-state index is 4.46. The van der Waals surface area contributed by atoms with Gasteiger partial charge in [-0.2, -0.15) is 0 Å². The zero-order valence-corrected chi connectivity index (χ0v) is 8.85. The van der Waals surface area contributed by atoms with Crippen LogP contribution in [0.2, 0.25) is 0 Å². The van der Waals surface area contributed by atoms with Gasteiger partial charge in [0.25, 0.3) is 0 Å². The maximum Gasteiger partial charge on any atom is 0.170 e. The predicted molar refractivity (Wildman–Crippen MR) is 56.2 cm³/mol. The summed E-state index contributed by atoms with van der Waals surface area (Å²) < 4.78 is 1.20. The predicted octanol–water partition coefficient (Wildman–Crippen LogP) is 3.12. The number of hydrogen-bond donors (Lipinski definition) is 0. The Bertz CT molecular complexity index is 431. The van der Waals surface area contributed by atoms with Crippen molar-refractivity contribution in [3.05, 3.63) is 22.8 Å². The third-order valence-electron chi connectivity index (χ3n) is 1.89. The van der Waals surface area contributed by atoms with Crippen LogP contribution in [-0.2, 0) is 0 Å². The average molecular weight is 192 g/mol. The number of hydrogen-bond acceptors (Lipinski definition) is 3. The minimum Gasteiger partial charge on any atom is -0.236 e. The molecule has 3 heteroatoms. The van der Waals surface area contributed by atoms with Gasteiger partial charge in [-0.15, -0.1) is 11.3 Å². The highest BCUT2D eigenvalue weighted by Crippen LogP contribution is 2.26. The first-order valence-electron chi connectivity index (χ1n) is 4.40. The second kappa shape index (κ2) is 3.07. The lowest BCUT2D eigenvalue weighted by Crippen LogP contribution is -1.84. The van der Waals surface area contributed by atoms with Crippen molar-refractivity contribution in [1.82, 2.24) is 9.97 Å². The minimum absolute atomic E-state index is 0.500. The summed E-state index contributed by atoms with van der Waals surface area (Å²) >= 11 is 1.75. The molecule has 2 nitrogen and oxygen atoms in total. The van der Waals surface area contributed by atoms with Crippen LogP contribution in [0.15, 0.2) is 12.3 Å². The maximum absolute atomic E-state index is 4.46. The summed E-state index contributed by atoms with van der Waals surface area (Å²) in [5, 5.41) is 1.17. The van der Waals surface area contributed by atoms with Crippen LogP contribution in [-0.4, -0.2) is 9.97 Å². The molecule has 0 aliphatic heterocycles. The van der Waals surface area contributed by atoms with E-state index in [1.807, 2.05) is 6.20 Å². The van der Waals surface area contributed by atoms with Gasteiger partial charge < -0.3 is 0 Å². The third kappa shape index (κ3) is 1.56. The van der Waals surface area contributed by atoms with Gasteiger partial charge >= 0.3 is 0 Å². The summed E-state index contributed by atoms with van der Waals surface area (Å²) in [7, 11) is 0. The monoisotopic (exact) mass is 192 g/mol. The first kappa shape index (κ1) is 8.63. The number of pyridine rings is 1. The Kier molecular flexibility index (Phi) is 2.04. The molecule has 0 bridgehead atoms. The van der Waals surface area contributed by atoms with Crippen LogP contribution < -0.4 is 0 Å². The number of fused-ring (bicyclic) bond motifs is 1. The Hall–Kier alpha value is -0.960. The standard InChI is InChI=1S/C10H12N2S/c1-6(2)10-12-9-8(13-10)4-7(3)5-11-9/h4-6H,1-3H3. The lowest BCUT2D eigenvalue weighted by atomic mass is 10.2. The van der Waals surface area contributed by atoms with Gasteiger partial charge in [-0.3, -0.25) is 0 Å². The highest BCUT2D eigenvalue weighted by Gasteiger charge is 2.07. The van der Waals surface area contributed by atoms with Crippen molar-refractivity contribution in [2.45, 2.75) is 26.7 Å². The van der Waals surface area contributed by atoms with Crippen LogP contribution >= 0.6 is 11.3 Å². The fraction of sp³-hybridized carbons (Fsp3) is 0.400. The van der Waals surface area contributed by atoms with Crippen LogP contribution in [0.25, 0.3) is 10.3 Å². The quantitative estimate of drug-likeness (QED) is 0.693. The lowest BCUT2D eigenvalue weighted by Gasteiger charge is -1.93. The molecule has 0 spiro atoms. The summed E-state index contributed by atoms with van der Waals surface area (Å²) in [5.41, 5.74) is 2.09. The second-order valence-corrected chi connectivity index (χ2v) is 4.60. The highest BCUT2D eigenvalue weighted by molar-refractivity contribution is 7.18. The van der Waals surface area contributed by atoms with E-state index >= 15 is 0 Å². The normalized spacial score (nSPS) is 11.4. The van der Waals surface area contributed by atoms with Crippen molar-refractivity contribution < 1.29 is 0 Å². The zero-order valence-electron chi connectivity index (χ0n) is 8.03. The van der Waals surface area contributed by atoms with E-state index in [9.17, 15) is 0 Å². The second-order valence-electron chi connectivity index (χ2n) is 3.54. The SMILES string of the molecule is Cc1cnc2nc(C(C)C)sc2c1. The van der Waals surface area contributed by atoms with Crippen LogP contribution in [0.5, 0.6) is 0 Å². The van der Waals surface area contributed by atoms with E-state index in [-0.39, 0.29) is 0 Å². The van der Waals surface area contributed by atoms with Gasteiger partial charge in [0.15, 0.2) is 5.65 Å². The van der Waals surface area contributed by atoms with Crippen molar-refractivity contribution in [3.63, 3.8) is 0 Å². The summed E-state index contributed by atoms with van der Waals surface area (Å²) in [5.74, 6) is 0.500. The van der Waals surface area contributed by atoms with Crippen LogP contribution in [0.4, 0.5) is 0 Å². The molecule has 0 saturated carbocycles. The van der Waals surface area contributed by atoms with Gasteiger partial charge in [0.1, 0.15) is 0 Å². The number of aromatic nitrogens is 2. The fourth-order valence-corrected chi connectivity index (χ4v) is 2.21. The van der Waals surface area contributed by atoms with E-state index < -0.39 is 0 Å². The minimum atomic E-state index is 0.500. The molecular weight excluding hydrogens is 180 g/mol. The molecule has 0 aliphatic rings. The Labute approximate surface area is 81.7 Å². The summed E-state index contributed by atoms with van der Waals surface area (Å²) in [6.45, 7) is 6.37. The van der Waals surface area contributed by atoms with Gasteiger partial charge in [-0.05, 0) is 18.6 Å². The number of nitrogens with zero attached hydrogens (tertiary/aromatic N) is 2. The van der Waals surface area contributed by atoms with Gasteiger partial charge in [0.05, 0.1) is 9.71 Å². The van der Waals surface area contributed by atoms with Gasteiger partial charge in [-0.25, -0.2) is 9.97 Å². The Morgan fingerprint density at radius 1 is 1.38 bits per heavy atom. The molecule has 0 aromatic carbocycles. The molecule has 13 heavy (non-hydrogen) atoms.